The number of hydrogen-bond acceptors (Lipinski definition) is 7. The van der Waals surface area contributed by atoms with E-state index in [2.05, 4.69) is 15.5 Å². The van der Waals surface area contributed by atoms with Crippen LogP contribution in [-0.4, -0.2) is 56.3 Å². The predicted octanol–water partition coefficient (Wildman–Crippen LogP) is 2.18. The van der Waals surface area contributed by atoms with Crippen LogP contribution in [0.25, 0.3) is 0 Å². The first kappa shape index (κ1) is 21.6. The number of carbonyl (C=O) groups excluding carboxylic acids is 3. The number of anilines is 3. The quantitative estimate of drug-likeness (QED) is 0.665. The summed E-state index contributed by atoms with van der Waals surface area (Å²) in [7, 11) is 0. The van der Waals surface area contributed by atoms with Crippen LogP contribution in [0.1, 0.15) is 13.3 Å². The van der Waals surface area contributed by atoms with Crippen LogP contribution in [0, 0.1) is 0 Å². The third-order valence-corrected chi connectivity index (χ3v) is 5.25. The van der Waals surface area contributed by atoms with Crippen LogP contribution in [0.2, 0.25) is 0 Å². The van der Waals surface area contributed by atoms with E-state index in [0.717, 1.165) is 18.8 Å². The largest absolute Gasteiger partial charge is 0.478 e. The van der Waals surface area contributed by atoms with Gasteiger partial charge in [-0.05, 0) is 43.3 Å². The number of fused-ring (bicyclic) bond motifs is 1. The molecule has 2 N–H and O–H groups in total. The lowest BCUT2D eigenvalue weighted by Gasteiger charge is -2.29. The number of nitrogens with one attached hydrogen (secondary N) is 2. The topological polar surface area (TPSA) is 106 Å². The second kappa shape index (κ2) is 9.69. The van der Waals surface area contributed by atoms with Gasteiger partial charge in [0.15, 0.2) is 12.2 Å². The van der Waals surface area contributed by atoms with Gasteiger partial charge in [0.05, 0.1) is 25.3 Å². The summed E-state index contributed by atoms with van der Waals surface area (Å²) in [5, 5.41) is 5.42. The van der Waals surface area contributed by atoms with Crippen LogP contribution in [0.5, 0.6) is 5.75 Å². The maximum atomic E-state index is 12.4. The third-order valence-electron chi connectivity index (χ3n) is 5.25. The molecule has 32 heavy (non-hydrogen) atoms. The molecular formula is C23H25N3O6. The molecule has 0 bridgehead atoms. The third kappa shape index (κ3) is 5.17. The molecule has 2 heterocycles. The fourth-order valence-electron chi connectivity index (χ4n) is 3.50. The summed E-state index contributed by atoms with van der Waals surface area (Å²) < 4.78 is 16.2. The highest BCUT2D eigenvalue weighted by molar-refractivity contribution is 6.00. The summed E-state index contributed by atoms with van der Waals surface area (Å²) in [5.74, 6) is -1.11. The van der Waals surface area contributed by atoms with Crippen molar-refractivity contribution in [2.24, 2.45) is 0 Å². The summed E-state index contributed by atoms with van der Waals surface area (Å²) >= 11 is 0. The Hall–Kier alpha value is -3.59. The van der Waals surface area contributed by atoms with Gasteiger partial charge in [-0.1, -0.05) is 12.1 Å². The molecular weight excluding hydrogens is 414 g/mol. The molecule has 9 nitrogen and oxygen atoms in total. The number of nitrogens with zero attached hydrogens (tertiary/aromatic N) is 1. The first-order valence-corrected chi connectivity index (χ1v) is 10.5. The van der Waals surface area contributed by atoms with Crippen LogP contribution in [-0.2, 0) is 23.9 Å². The van der Waals surface area contributed by atoms with E-state index in [-0.39, 0.29) is 6.42 Å². The summed E-state index contributed by atoms with van der Waals surface area (Å²) in [6.45, 7) is 4.52. The van der Waals surface area contributed by atoms with Crippen molar-refractivity contribution in [1.29, 1.82) is 0 Å². The summed E-state index contributed by atoms with van der Waals surface area (Å²) in [6, 6.07) is 14.4. The Morgan fingerprint density at radius 2 is 1.88 bits per heavy atom. The molecule has 2 amide bonds. The Balaban J connectivity index is 1.27. The fourth-order valence-corrected chi connectivity index (χ4v) is 3.50. The SMILES string of the molecule is C[C@H](OC(=O)C[C@@H]1Oc2ccccc2NC1=O)C(=O)Nc1ccc(N2CCOCC2)cc1. The van der Waals surface area contributed by atoms with E-state index in [1.54, 1.807) is 36.4 Å². The van der Waals surface area contributed by atoms with Crippen molar-refractivity contribution in [3.8, 4) is 5.75 Å². The summed E-state index contributed by atoms with van der Waals surface area (Å²) in [6.07, 6.45) is -2.34. The number of hydrogen-bond donors (Lipinski definition) is 2. The highest BCUT2D eigenvalue weighted by Crippen LogP contribution is 2.29. The zero-order valence-electron chi connectivity index (χ0n) is 17.7. The minimum atomic E-state index is -1.03. The first-order chi connectivity index (χ1) is 15.5. The first-order valence-electron chi connectivity index (χ1n) is 10.5. The molecule has 0 aliphatic carbocycles. The van der Waals surface area contributed by atoms with E-state index in [1.807, 2.05) is 12.1 Å². The molecule has 2 aromatic rings. The van der Waals surface area contributed by atoms with Gasteiger partial charge in [0.1, 0.15) is 5.75 Å². The number of para-hydroxylation sites is 2. The molecule has 2 aromatic carbocycles. The molecule has 168 valence electrons. The lowest BCUT2D eigenvalue weighted by atomic mass is 10.1. The predicted molar refractivity (Wildman–Crippen MR) is 118 cm³/mol. The Morgan fingerprint density at radius 1 is 1.16 bits per heavy atom. The van der Waals surface area contributed by atoms with Crippen LogP contribution >= 0.6 is 0 Å². The van der Waals surface area contributed by atoms with E-state index in [0.29, 0.717) is 30.3 Å². The van der Waals surface area contributed by atoms with Gasteiger partial charge in [-0.2, -0.15) is 0 Å². The molecule has 0 unspecified atom stereocenters. The van der Waals surface area contributed by atoms with Crippen molar-refractivity contribution in [3.63, 3.8) is 0 Å². The lowest BCUT2D eigenvalue weighted by Crippen LogP contribution is -2.40. The number of carbonyl (C=O) groups is 3. The summed E-state index contributed by atoms with van der Waals surface area (Å²) in [4.78, 5) is 39.1. The molecule has 2 aliphatic heterocycles. The minimum absolute atomic E-state index is 0.300. The molecule has 4 rings (SSSR count). The molecule has 0 saturated carbocycles. The highest BCUT2D eigenvalue weighted by atomic mass is 16.6. The molecule has 0 radical (unpaired) electrons. The number of esters is 1. The van der Waals surface area contributed by atoms with Crippen molar-refractivity contribution in [2.45, 2.75) is 25.6 Å². The van der Waals surface area contributed by atoms with Crippen molar-refractivity contribution in [3.05, 3.63) is 48.5 Å². The molecule has 0 aromatic heterocycles. The highest BCUT2D eigenvalue weighted by Gasteiger charge is 2.31. The Morgan fingerprint density at radius 3 is 2.62 bits per heavy atom. The van der Waals surface area contributed by atoms with Crippen molar-refractivity contribution < 1.29 is 28.6 Å². The molecule has 1 fully saturated rings. The Labute approximate surface area is 185 Å². The number of benzene rings is 2. The van der Waals surface area contributed by atoms with Crippen molar-refractivity contribution >= 4 is 34.8 Å². The standard InChI is InChI=1S/C23H25N3O6/c1-15(22(28)24-16-6-8-17(9-7-16)26-10-12-30-13-11-26)31-21(27)14-20-23(29)25-18-4-2-3-5-19(18)32-20/h2-9,15,20H,10-14H2,1H3,(H,24,28)(H,25,29)/t15-,20-/m0/s1. The van der Waals surface area contributed by atoms with Crippen LogP contribution < -0.4 is 20.3 Å². The number of amides is 2. The van der Waals surface area contributed by atoms with Gasteiger partial charge in [0.25, 0.3) is 11.8 Å². The maximum Gasteiger partial charge on any atom is 0.310 e. The van der Waals surface area contributed by atoms with E-state index >= 15 is 0 Å². The van der Waals surface area contributed by atoms with Gasteiger partial charge in [0.2, 0.25) is 0 Å². The summed E-state index contributed by atoms with van der Waals surface area (Å²) in [5.41, 5.74) is 2.20. The Bertz CT molecular complexity index is 987. The fraction of sp³-hybridized carbons (Fsp3) is 0.348. The van der Waals surface area contributed by atoms with E-state index in [9.17, 15) is 14.4 Å². The van der Waals surface area contributed by atoms with Gasteiger partial charge in [-0.15, -0.1) is 0 Å². The second-order valence-electron chi connectivity index (χ2n) is 7.56. The van der Waals surface area contributed by atoms with Gasteiger partial charge >= 0.3 is 5.97 Å². The normalized spacial score (nSPS) is 18.6. The Kier molecular flexibility index (Phi) is 6.55. The number of ether oxygens (including phenoxy) is 3. The average Bonchev–Trinajstić information content (AvgIpc) is 2.80. The monoisotopic (exact) mass is 439 g/mol. The maximum absolute atomic E-state index is 12.4. The molecule has 2 aliphatic rings. The second-order valence-corrected chi connectivity index (χ2v) is 7.56. The zero-order valence-corrected chi connectivity index (χ0v) is 17.7. The van der Waals surface area contributed by atoms with E-state index in [4.69, 9.17) is 14.2 Å². The van der Waals surface area contributed by atoms with E-state index in [1.165, 1.54) is 6.92 Å². The van der Waals surface area contributed by atoms with Crippen molar-refractivity contribution in [2.75, 3.05) is 41.8 Å². The zero-order chi connectivity index (χ0) is 22.5. The van der Waals surface area contributed by atoms with Gasteiger partial charge in [0, 0.05) is 24.5 Å². The molecule has 2 atom stereocenters. The van der Waals surface area contributed by atoms with Gasteiger partial charge in [-0.3, -0.25) is 14.4 Å². The van der Waals surface area contributed by atoms with Crippen molar-refractivity contribution in [1.82, 2.24) is 0 Å². The van der Waals surface area contributed by atoms with Crippen LogP contribution in [0.3, 0.4) is 0 Å². The number of morpholine rings is 1. The average molecular weight is 439 g/mol. The molecule has 0 spiro atoms. The lowest BCUT2D eigenvalue weighted by molar-refractivity contribution is -0.155. The van der Waals surface area contributed by atoms with E-state index < -0.39 is 30.0 Å². The minimum Gasteiger partial charge on any atom is -0.478 e. The van der Waals surface area contributed by atoms with Gasteiger partial charge in [-0.25, -0.2) is 0 Å². The number of rotatable bonds is 6. The van der Waals surface area contributed by atoms with Gasteiger partial charge < -0.3 is 29.7 Å². The van der Waals surface area contributed by atoms with Crippen LogP contribution in [0.15, 0.2) is 48.5 Å². The smallest absolute Gasteiger partial charge is 0.310 e. The molecule has 1 saturated heterocycles. The van der Waals surface area contributed by atoms with Crippen LogP contribution in [0.4, 0.5) is 17.1 Å². The molecule has 9 heteroatoms.